The lowest BCUT2D eigenvalue weighted by Gasteiger charge is -2.21. The first kappa shape index (κ1) is 21.8. The summed E-state index contributed by atoms with van der Waals surface area (Å²) in [4.78, 5) is 11.9. The van der Waals surface area contributed by atoms with Gasteiger partial charge < -0.3 is 5.32 Å². The van der Waals surface area contributed by atoms with E-state index in [0.29, 0.717) is 0 Å². The van der Waals surface area contributed by atoms with E-state index in [2.05, 4.69) is 5.32 Å². The molecule has 0 fully saturated rings. The van der Waals surface area contributed by atoms with Gasteiger partial charge in [-0.3, -0.25) is 4.79 Å². The Morgan fingerprint density at radius 1 is 1.14 bits per heavy atom. The highest BCUT2D eigenvalue weighted by molar-refractivity contribution is 7.89. The maximum Gasteiger partial charge on any atom is 0.418 e. The number of likely N-dealkylation sites (N-methyl/N-ethyl adjacent to an activating group) is 1. The molecule has 1 N–H and O–H groups in total. The molecule has 0 aliphatic heterocycles. The zero-order valence-electron chi connectivity index (χ0n) is 15.0. The monoisotopic (exact) mass is 418 g/mol. The Kier molecular flexibility index (Phi) is 6.45. The van der Waals surface area contributed by atoms with Gasteiger partial charge in [0, 0.05) is 6.54 Å². The molecule has 0 heterocycles. The van der Waals surface area contributed by atoms with Crippen LogP contribution in [0.2, 0.25) is 0 Å². The highest BCUT2D eigenvalue weighted by Gasteiger charge is 2.34. The molecule has 0 aliphatic rings. The van der Waals surface area contributed by atoms with Crippen LogP contribution in [0.3, 0.4) is 0 Å². The van der Waals surface area contributed by atoms with Crippen molar-refractivity contribution >= 4 is 21.6 Å². The summed E-state index contributed by atoms with van der Waals surface area (Å²) in [6, 6.07) is 7.69. The van der Waals surface area contributed by atoms with Gasteiger partial charge in [0.2, 0.25) is 15.9 Å². The van der Waals surface area contributed by atoms with Crippen LogP contribution in [0.1, 0.15) is 18.1 Å². The number of anilines is 1. The molecule has 0 saturated heterocycles. The molecule has 1 amide bonds. The Labute approximate surface area is 160 Å². The number of carbonyl (C=O) groups excluding carboxylic acids is 1. The lowest BCUT2D eigenvalue weighted by molar-refractivity contribution is -0.137. The van der Waals surface area contributed by atoms with E-state index in [1.807, 2.05) is 0 Å². The topological polar surface area (TPSA) is 66.5 Å². The quantitative estimate of drug-likeness (QED) is 0.726. The van der Waals surface area contributed by atoms with Crippen LogP contribution in [0.4, 0.5) is 23.2 Å². The molecule has 0 aliphatic carbocycles. The van der Waals surface area contributed by atoms with E-state index in [0.717, 1.165) is 22.5 Å². The fraction of sp³-hybridized carbons (Fsp3) is 0.278. The molecule has 152 valence electrons. The van der Waals surface area contributed by atoms with Gasteiger partial charge in [-0.05, 0) is 36.8 Å². The van der Waals surface area contributed by atoms with Gasteiger partial charge in [-0.1, -0.05) is 25.1 Å². The number of aryl methyl sites for hydroxylation is 1. The zero-order valence-corrected chi connectivity index (χ0v) is 15.9. The summed E-state index contributed by atoms with van der Waals surface area (Å²) in [5.41, 5.74) is -1.27. The molecular formula is C18H18F4N2O3S. The minimum absolute atomic E-state index is 0.133. The number of halogens is 4. The Morgan fingerprint density at radius 3 is 2.36 bits per heavy atom. The molecule has 0 radical (unpaired) electrons. The summed E-state index contributed by atoms with van der Waals surface area (Å²) in [5, 5.41) is 2.09. The van der Waals surface area contributed by atoms with E-state index in [4.69, 9.17) is 0 Å². The standard InChI is InChI=1S/C18H18F4N2O3S/c1-3-24(28(26,27)13-9-8-12(2)15(19)10-13)11-17(25)23-16-7-5-4-6-14(16)18(20,21)22/h4-10H,3,11H2,1-2H3,(H,23,25). The van der Waals surface area contributed by atoms with Gasteiger partial charge in [0.25, 0.3) is 0 Å². The molecule has 0 bridgehead atoms. The van der Waals surface area contributed by atoms with Crippen LogP contribution >= 0.6 is 0 Å². The fourth-order valence-corrected chi connectivity index (χ4v) is 3.86. The van der Waals surface area contributed by atoms with Gasteiger partial charge in [0.1, 0.15) is 5.82 Å². The maximum atomic E-state index is 13.7. The van der Waals surface area contributed by atoms with Gasteiger partial charge in [-0.25, -0.2) is 12.8 Å². The van der Waals surface area contributed by atoms with Crippen molar-refractivity contribution in [3.8, 4) is 0 Å². The summed E-state index contributed by atoms with van der Waals surface area (Å²) >= 11 is 0. The third-order valence-electron chi connectivity index (χ3n) is 3.96. The number of nitrogens with one attached hydrogen (secondary N) is 1. The number of para-hydroxylation sites is 1. The molecule has 0 spiro atoms. The molecule has 0 atom stereocenters. The number of nitrogens with zero attached hydrogens (tertiary/aromatic N) is 1. The lowest BCUT2D eigenvalue weighted by Crippen LogP contribution is -2.38. The Bertz CT molecular complexity index is 975. The summed E-state index contributed by atoms with van der Waals surface area (Å²) in [7, 11) is -4.21. The van der Waals surface area contributed by atoms with Crippen LogP contribution < -0.4 is 5.32 Å². The summed E-state index contributed by atoms with van der Waals surface area (Å²) in [6.07, 6.45) is -4.68. The van der Waals surface area contributed by atoms with Crippen molar-refractivity contribution in [3.63, 3.8) is 0 Å². The second-order valence-corrected chi connectivity index (χ2v) is 7.87. The zero-order chi connectivity index (χ0) is 21.1. The molecule has 0 aromatic heterocycles. The summed E-state index contributed by atoms with van der Waals surface area (Å²) < 4.78 is 78.8. The molecule has 2 aromatic carbocycles. The Balaban J connectivity index is 2.23. The van der Waals surface area contributed by atoms with E-state index in [9.17, 15) is 30.8 Å². The summed E-state index contributed by atoms with van der Waals surface area (Å²) in [5.74, 6) is -1.67. The lowest BCUT2D eigenvalue weighted by atomic mass is 10.1. The smallest absolute Gasteiger partial charge is 0.324 e. The Morgan fingerprint density at radius 2 is 1.79 bits per heavy atom. The summed E-state index contributed by atoms with van der Waals surface area (Å²) in [6.45, 7) is 2.07. The van der Waals surface area contributed by atoms with Crippen LogP contribution in [0.25, 0.3) is 0 Å². The van der Waals surface area contributed by atoms with Gasteiger partial charge >= 0.3 is 6.18 Å². The number of carbonyl (C=O) groups is 1. The molecule has 0 saturated carbocycles. The predicted octanol–water partition coefficient (Wildman–Crippen LogP) is 3.80. The third-order valence-corrected chi connectivity index (χ3v) is 5.88. The van der Waals surface area contributed by atoms with E-state index in [1.54, 1.807) is 0 Å². The van der Waals surface area contributed by atoms with Crippen molar-refractivity contribution < 1.29 is 30.8 Å². The SMILES string of the molecule is CCN(CC(=O)Nc1ccccc1C(F)(F)F)S(=O)(=O)c1ccc(C)c(F)c1. The molecule has 5 nitrogen and oxygen atoms in total. The van der Waals surface area contributed by atoms with E-state index < -0.39 is 45.7 Å². The van der Waals surface area contributed by atoms with E-state index >= 15 is 0 Å². The second kappa shape index (κ2) is 8.27. The molecule has 2 aromatic rings. The highest BCUT2D eigenvalue weighted by Crippen LogP contribution is 2.34. The number of sulfonamides is 1. The molecular weight excluding hydrogens is 400 g/mol. The average Bonchev–Trinajstić information content (AvgIpc) is 2.61. The number of benzene rings is 2. The van der Waals surface area contributed by atoms with Crippen LogP contribution in [0.5, 0.6) is 0 Å². The Hall–Kier alpha value is -2.46. The van der Waals surface area contributed by atoms with Crippen LogP contribution in [0, 0.1) is 12.7 Å². The van der Waals surface area contributed by atoms with Crippen LogP contribution in [-0.4, -0.2) is 31.7 Å². The van der Waals surface area contributed by atoms with Crippen LogP contribution in [0.15, 0.2) is 47.4 Å². The molecule has 0 unspecified atom stereocenters. The number of alkyl halides is 3. The van der Waals surface area contributed by atoms with Crippen molar-refractivity contribution in [1.29, 1.82) is 0 Å². The minimum Gasteiger partial charge on any atom is -0.324 e. The third kappa shape index (κ3) is 4.87. The molecule has 28 heavy (non-hydrogen) atoms. The van der Waals surface area contributed by atoms with Crippen molar-refractivity contribution in [3.05, 3.63) is 59.4 Å². The normalized spacial score (nSPS) is 12.2. The first-order chi connectivity index (χ1) is 13.0. The van der Waals surface area contributed by atoms with E-state index in [1.165, 1.54) is 38.1 Å². The van der Waals surface area contributed by atoms with Crippen molar-refractivity contribution in [2.45, 2.75) is 24.9 Å². The maximum absolute atomic E-state index is 13.7. The first-order valence-electron chi connectivity index (χ1n) is 8.19. The molecule has 2 rings (SSSR count). The van der Waals surface area contributed by atoms with Crippen molar-refractivity contribution in [1.82, 2.24) is 4.31 Å². The van der Waals surface area contributed by atoms with Crippen LogP contribution in [-0.2, 0) is 21.0 Å². The van der Waals surface area contributed by atoms with Crippen molar-refractivity contribution in [2.24, 2.45) is 0 Å². The molecule has 10 heteroatoms. The average molecular weight is 418 g/mol. The van der Waals surface area contributed by atoms with Gasteiger partial charge in [0.05, 0.1) is 22.7 Å². The predicted molar refractivity (Wildman–Crippen MR) is 95.6 cm³/mol. The second-order valence-electron chi connectivity index (χ2n) is 5.93. The van der Waals surface area contributed by atoms with Gasteiger partial charge in [-0.2, -0.15) is 17.5 Å². The highest BCUT2D eigenvalue weighted by atomic mass is 32.2. The number of hydrogen-bond donors (Lipinski definition) is 1. The first-order valence-corrected chi connectivity index (χ1v) is 9.63. The number of amides is 1. The van der Waals surface area contributed by atoms with Gasteiger partial charge in [-0.15, -0.1) is 0 Å². The number of hydrogen-bond acceptors (Lipinski definition) is 3. The number of rotatable bonds is 6. The van der Waals surface area contributed by atoms with Crippen molar-refractivity contribution in [2.75, 3.05) is 18.4 Å². The van der Waals surface area contributed by atoms with Gasteiger partial charge in [0.15, 0.2) is 0 Å². The van der Waals surface area contributed by atoms with E-state index in [-0.39, 0.29) is 17.0 Å². The fourth-order valence-electron chi connectivity index (χ4n) is 2.44. The largest absolute Gasteiger partial charge is 0.418 e. The minimum atomic E-state index is -4.68.